The Morgan fingerprint density at radius 1 is 1.43 bits per heavy atom. The molecule has 0 aromatic carbocycles. The molecule has 2 atom stereocenters. The monoisotopic (exact) mass is 193 g/mol. The van der Waals surface area contributed by atoms with Gasteiger partial charge in [0, 0.05) is 18.4 Å². The van der Waals surface area contributed by atoms with Crippen molar-refractivity contribution >= 4 is 6.01 Å². The van der Waals surface area contributed by atoms with E-state index in [9.17, 15) is 0 Å². The van der Waals surface area contributed by atoms with Crippen LogP contribution >= 0.6 is 0 Å². The minimum atomic E-state index is 0.334. The van der Waals surface area contributed by atoms with Gasteiger partial charge in [0.05, 0.1) is 5.69 Å². The van der Waals surface area contributed by atoms with Crippen molar-refractivity contribution in [1.82, 2.24) is 10.3 Å². The maximum atomic E-state index is 5.58. The lowest BCUT2D eigenvalue weighted by Gasteiger charge is -2.34. The van der Waals surface area contributed by atoms with Gasteiger partial charge >= 0.3 is 0 Å². The Hall–Kier alpha value is -1.03. The van der Waals surface area contributed by atoms with Gasteiger partial charge in [-0.2, -0.15) is 4.98 Å². The van der Waals surface area contributed by atoms with Crippen molar-refractivity contribution in [2.75, 3.05) is 12.3 Å². The van der Waals surface area contributed by atoms with Crippen LogP contribution in [0.15, 0.2) is 4.42 Å². The molecular weight excluding hydrogens is 178 g/mol. The molecule has 4 heteroatoms. The summed E-state index contributed by atoms with van der Waals surface area (Å²) in [6.45, 7) is 1.14. The van der Waals surface area contributed by atoms with E-state index in [2.05, 4.69) is 10.3 Å². The molecule has 1 aliphatic carbocycles. The van der Waals surface area contributed by atoms with Crippen molar-refractivity contribution in [3.8, 4) is 0 Å². The lowest BCUT2D eigenvalue weighted by molar-refractivity contribution is 0.302. The summed E-state index contributed by atoms with van der Waals surface area (Å²) in [6.07, 6.45) is 4.59. The number of nitrogens with zero attached hydrogens (tertiary/aromatic N) is 1. The van der Waals surface area contributed by atoms with Gasteiger partial charge in [-0.15, -0.1) is 0 Å². The summed E-state index contributed by atoms with van der Waals surface area (Å²) in [6, 6.07) is 0.932. The fraction of sp³-hybridized carbons (Fsp3) is 0.700. The smallest absolute Gasteiger partial charge is 0.292 e. The Morgan fingerprint density at radius 3 is 3.29 bits per heavy atom. The largest absolute Gasteiger partial charge is 0.429 e. The van der Waals surface area contributed by atoms with Gasteiger partial charge in [0.15, 0.2) is 0 Å². The summed E-state index contributed by atoms with van der Waals surface area (Å²) in [5, 5.41) is 3.55. The molecule has 14 heavy (non-hydrogen) atoms. The number of hydrogen-bond acceptors (Lipinski definition) is 4. The van der Waals surface area contributed by atoms with E-state index in [1.54, 1.807) is 0 Å². The second-order valence-corrected chi connectivity index (χ2v) is 4.21. The van der Waals surface area contributed by atoms with Crippen LogP contribution in [0.2, 0.25) is 0 Å². The molecule has 0 saturated carbocycles. The van der Waals surface area contributed by atoms with E-state index in [4.69, 9.17) is 10.2 Å². The van der Waals surface area contributed by atoms with Gasteiger partial charge in [-0.1, -0.05) is 0 Å². The first kappa shape index (κ1) is 8.29. The molecule has 3 rings (SSSR count). The average Bonchev–Trinajstić information content (AvgIpc) is 2.59. The third-order valence-electron chi connectivity index (χ3n) is 3.36. The number of anilines is 1. The molecule has 1 fully saturated rings. The molecule has 2 aliphatic rings. The summed E-state index contributed by atoms with van der Waals surface area (Å²) in [5.74, 6) is 1.56. The Morgan fingerprint density at radius 2 is 2.36 bits per heavy atom. The highest BCUT2D eigenvalue weighted by molar-refractivity contribution is 5.28. The predicted molar refractivity (Wildman–Crippen MR) is 53.0 cm³/mol. The van der Waals surface area contributed by atoms with E-state index in [1.165, 1.54) is 12.8 Å². The molecule has 0 bridgehead atoms. The minimum Gasteiger partial charge on any atom is -0.429 e. The fourth-order valence-corrected chi connectivity index (χ4v) is 2.72. The number of piperidine rings is 1. The SMILES string of the molecule is Nc1nc2c(o1)CCC1NCCCC21. The standard InChI is InChI=1S/C10H15N3O/c11-10-13-9-6-2-1-5-12-7(6)3-4-8(9)14-10/h6-7,12H,1-5H2,(H2,11,13). The average molecular weight is 193 g/mol. The quantitative estimate of drug-likeness (QED) is 0.646. The minimum absolute atomic E-state index is 0.334. The van der Waals surface area contributed by atoms with E-state index in [1.807, 2.05) is 0 Å². The normalized spacial score (nSPS) is 30.9. The molecule has 2 unspecified atom stereocenters. The van der Waals surface area contributed by atoms with Crippen LogP contribution in [0.3, 0.4) is 0 Å². The second kappa shape index (κ2) is 2.98. The third-order valence-corrected chi connectivity index (χ3v) is 3.36. The topological polar surface area (TPSA) is 64.1 Å². The summed E-state index contributed by atoms with van der Waals surface area (Å²) in [7, 11) is 0. The number of hydrogen-bond donors (Lipinski definition) is 2. The Balaban J connectivity index is 1.98. The fourth-order valence-electron chi connectivity index (χ4n) is 2.72. The van der Waals surface area contributed by atoms with E-state index >= 15 is 0 Å². The molecular formula is C10H15N3O. The molecule has 1 aliphatic heterocycles. The van der Waals surface area contributed by atoms with Crippen LogP contribution in [0.1, 0.15) is 36.6 Å². The summed E-state index contributed by atoms with van der Waals surface area (Å²) in [5.41, 5.74) is 6.70. The Labute approximate surface area is 82.9 Å². The van der Waals surface area contributed by atoms with Gasteiger partial charge < -0.3 is 15.5 Å². The number of oxazole rings is 1. The van der Waals surface area contributed by atoms with Crippen molar-refractivity contribution in [3.63, 3.8) is 0 Å². The van der Waals surface area contributed by atoms with Crippen molar-refractivity contribution in [2.24, 2.45) is 0 Å². The highest BCUT2D eigenvalue weighted by Gasteiger charge is 2.34. The van der Waals surface area contributed by atoms with Crippen molar-refractivity contribution in [3.05, 3.63) is 11.5 Å². The van der Waals surface area contributed by atoms with Crippen LogP contribution in [0.25, 0.3) is 0 Å². The lowest BCUT2D eigenvalue weighted by Crippen LogP contribution is -2.42. The van der Waals surface area contributed by atoms with Gasteiger partial charge in [-0.25, -0.2) is 0 Å². The second-order valence-electron chi connectivity index (χ2n) is 4.21. The first-order chi connectivity index (χ1) is 6.84. The van der Waals surface area contributed by atoms with E-state index in [0.717, 1.165) is 30.8 Å². The zero-order valence-electron chi connectivity index (χ0n) is 8.12. The van der Waals surface area contributed by atoms with Gasteiger partial charge in [-0.05, 0) is 25.8 Å². The molecule has 1 aromatic heterocycles. The van der Waals surface area contributed by atoms with E-state index in [0.29, 0.717) is 18.0 Å². The molecule has 1 aromatic rings. The van der Waals surface area contributed by atoms with Gasteiger partial charge in [-0.3, -0.25) is 0 Å². The summed E-state index contributed by atoms with van der Waals surface area (Å²) in [4.78, 5) is 4.31. The van der Waals surface area contributed by atoms with E-state index in [-0.39, 0.29) is 0 Å². The zero-order chi connectivity index (χ0) is 9.54. The number of aryl methyl sites for hydroxylation is 1. The maximum Gasteiger partial charge on any atom is 0.292 e. The number of nitrogens with two attached hydrogens (primary N) is 1. The number of rotatable bonds is 0. The molecule has 0 spiro atoms. The highest BCUT2D eigenvalue weighted by atomic mass is 16.4. The molecule has 1 saturated heterocycles. The maximum absolute atomic E-state index is 5.58. The van der Waals surface area contributed by atoms with Crippen molar-refractivity contribution in [2.45, 2.75) is 37.6 Å². The summed E-state index contributed by atoms with van der Waals surface area (Å²) >= 11 is 0. The number of aromatic nitrogens is 1. The first-order valence-corrected chi connectivity index (χ1v) is 5.33. The Bertz CT molecular complexity index is 347. The van der Waals surface area contributed by atoms with Crippen molar-refractivity contribution < 1.29 is 4.42 Å². The van der Waals surface area contributed by atoms with Crippen LogP contribution in [0.4, 0.5) is 6.01 Å². The lowest BCUT2D eigenvalue weighted by atomic mass is 9.80. The number of nitrogen functional groups attached to an aromatic ring is 1. The van der Waals surface area contributed by atoms with Crippen LogP contribution < -0.4 is 11.1 Å². The van der Waals surface area contributed by atoms with Crippen molar-refractivity contribution in [1.29, 1.82) is 0 Å². The zero-order valence-corrected chi connectivity index (χ0v) is 8.12. The molecule has 76 valence electrons. The van der Waals surface area contributed by atoms with E-state index < -0.39 is 0 Å². The van der Waals surface area contributed by atoms with Gasteiger partial charge in [0.2, 0.25) is 0 Å². The molecule has 4 nitrogen and oxygen atoms in total. The molecule has 0 amide bonds. The van der Waals surface area contributed by atoms with Gasteiger partial charge in [0.1, 0.15) is 5.76 Å². The number of nitrogens with one attached hydrogen (secondary N) is 1. The van der Waals surface area contributed by atoms with Crippen LogP contribution in [0.5, 0.6) is 0 Å². The third kappa shape index (κ3) is 1.14. The number of fused-ring (bicyclic) bond motifs is 3. The molecule has 2 heterocycles. The van der Waals surface area contributed by atoms with Gasteiger partial charge in [0.25, 0.3) is 6.01 Å². The van der Waals surface area contributed by atoms with Crippen LogP contribution in [0, 0.1) is 0 Å². The summed E-state index contributed by atoms with van der Waals surface area (Å²) < 4.78 is 5.39. The molecule has 3 N–H and O–H groups in total. The Kier molecular flexibility index (Phi) is 1.77. The molecule has 0 radical (unpaired) electrons. The van der Waals surface area contributed by atoms with Crippen LogP contribution in [-0.2, 0) is 6.42 Å². The van der Waals surface area contributed by atoms with Crippen LogP contribution in [-0.4, -0.2) is 17.6 Å². The predicted octanol–water partition coefficient (Wildman–Crippen LogP) is 1.04. The first-order valence-electron chi connectivity index (χ1n) is 5.33. The highest BCUT2D eigenvalue weighted by Crippen LogP contribution is 2.37.